The summed E-state index contributed by atoms with van der Waals surface area (Å²) in [6.45, 7) is 3.38. The monoisotopic (exact) mass is 373 g/mol. The zero-order valence-electron chi connectivity index (χ0n) is 16.3. The Morgan fingerprint density at radius 3 is 2.70 bits per heavy atom. The predicted molar refractivity (Wildman–Crippen MR) is 105 cm³/mol. The first-order chi connectivity index (χ1) is 13.2. The van der Waals surface area contributed by atoms with E-state index in [0.717, 1.165) is 18.0 Å². The van der Waals surface area contributed by atoms with Crippen LogP contribution in [0.15, 0.2) is 34.9 Å². The summed E-state index contributed by atoms with van der Waals surface area (Å²) >= 11 is 0. The van der Waals surface area contributed by atoms with Crippen molar-refractivity contribution in [2.45, 2.75) is 51.3 Å². The quantitative estimate of drug-likeness (QED) is 0.584. The largest absolute Gasteiger partial charge is 0.492 e. The zero-order valence-corrected chi connectivity index (χ0v) is 16.3. The smallest absolute Gasteiger partial charge is 0.164 e. The average molecular weight is 373 g/mol. The Kier molecular flexibility index (Phi) is 7.26. The lowest BCUT2D eigenvalue weighted by Gasteiger charge is -2.32. The molecule has 2 unspecified atom stereocenters. The molecule has 3 rings (SSSR count). The average Bonchev–Trinajstić information content (AvgIpc) is 3.19. The number of nitrogens with one attached hydrogen (secondary N) is 2. The van der Waals surface area contributed by atoms with Gasteiger partial charge in [0.05, 0.1) is 12.8 Å². The van der Waals surface area contributed by atoms with Gasteiger partial charge < -0.3 is 19.6 Å². The van der Waals surface area contributed by atoms with Gasteiger partial charge in [-0.3, -0.25) is 5.32 Å². The van der Waals surface area contributed by atoms with Crippen LogP contribution in [0, 0.1) is 5.92 Å². The number of rotatable bonds is 9. The van der Waals surface area contributed by atoms with Crippen LogP contribution in [0.1, 0.15) is 51.0 Å². The molecule has 0 aliphatic heterocycles. The molecule has 0 bridgehead atoms. The normalized spacial score (nSPS) is 17.6. The van der Waals surface area contributed by atoms with E-state index in [9.17, 15) is 5.11 Å². The lowest BCUT2D eigenvalue weighted by Crippen LogP contribution is -2.45. The van der Waals surface area contributed by atoms with Crippen LogP contribution in [-0.2, 0) is 0 Å². The lowest BCUT2D eigenvalue weighted by atomic mass is 9.83. The molecule has 2 aromatic heterocycles. The van der Waals surface area contributed by atoms with Crippen molar-refractivity contribution >= 4 is 0 Å². The van der Waals surface area contributed by atoms with E-state index in [-0.39, 0.29) is 6.04 Å². The van der Waals surface area contributed by atoms with Gasteiger partial charge in [0, 0.05) is 12.6 Å². The third kappa shape index (κ3) is 5.31. The van der Waals surface area contributed by atoms with Crippen LogP contribution in [0.4, 0.5) is 0 Å². The Balaban J connectivity index is 1.65. The van der Waals surface area contributed by atoms with E-state index in [1.165, 1.54) is 32.1 Å². The van der Waals surface area contributed by atoms with Crippen molar-refractivity contribution in [2.24, 2.45) is 5.92 Å². The summed E-state index contributed by atoms with van der Waals surface area (Å²) in [6, 6.07) is 7.61. The molecule has 2 atom stereocenters. The minimum atomic E-state index is -0.832. The standard InChI is InChI=1S/C21H31N3O3/c1-3-26-16-9-10-17(23-13-16)19-11-12-20(27-19)21(25)24-18(14-22-2)15-7-5-4-6-8-15/h9-13,15,18,21-22,24-25H,3-8,14H2,1-2H3. The Labute approximate surface area is 161 Å². The van der Waals surface area contributed by atoms with Crippen molar-refractivity contribution in [3.05, 3.63) is 36.2 Å². The Morgan fingerprint density at radius 2 is 2.04 bits per heavy atom. The van der Waals surface area contributed by atoms with E-state index < -0.39 is 6.23 Å². The third-order valence-electron chi connectivity index (χ3n) is 5.21. The number of hydrogen-bond donors (Lipinski definition) is 3. The molecular weight excluding hydrogens is 342 g/mol. The third-order valence-corrected chi connectivity index (χ3v) is 5.21. The first-order valence-corrected chi connectivity index (χ1v) is 9.99. The van der Waals surface area contributed by atoms with Crippen molar-refractivity contribution < 1.29 is 14.3 Å². The number of likely N-dealkylation sites (N-methyl/N-ethyl adjacent to an activating group) is 1. The zero-order chi connectivity index (χ0) is 19.1. The van der Waals surface area contributed by atoms with E-state index in [1.807, 2.05) is 38.2 Å². The highest BCUT2D eigenvalue weighted by molar-refractivity contribution is 5.53. The van der Waals surface area contributed by atoms with Crippen LogP contribution in [0.5, 0.6) is 5.75 Å². The molecule has 1 saturated carbocycles. The summed E-state index contributed by atoms with van der Waals surface area (Å²) in [5.74, 6) is 2.47. The van der Waals surface area contributed by atoms with E-state index in [0.29, 0.717) is 24.0 Å². The number of ether oxygens (including phenoxy) is 1. The van der Waals surface area contributed by atoms with Crippen molar-refractivity contribution in [1.29, 1.82) is 0 Å². The first-order valence-electron chi connectivity index (χ1n) is 9.99. The fourth-order valence-corrected chi connectivity index (χ4v) is 3.82. The van der Waals surface area contributed by atoms with Crippen LogP contribution >= 0.6 is 0 Å². The van der Waals surface area contributed by atoms with Gasteiger partial charge in [0.15, 0.2) is 12.0 Å². The number of aromatic nitrogens is 1. The molecule has 6 nitrogen and oxygen atoms in total. The molecule has 27 heavy (non-hydrogen) atoms. The minimum absolute atomic E-state index is 0.224. The van der Waals surface area contributed by atoms with Crippen molar-refractivity contribution in [3.8, 4) is 17.2 Å². The summed E-state index contributed by atoms with van der Waals surface area (Å²) < 4.78 is 11.3. The number of pyridine rings is 1. The maximum Gasteiger partial charge on any atom is 0.164 e. The molecule has 0 amide bonds. The second-order valence-corrected chi connectivity index (χ2v) is 7.15. The molecule has 0 spiro atoms. The van der Waals surface area contributed by atoms with E-state index in [1.54, 1.807) is 6.20 Å². The topological polar surface area (TPSA) is 79.5 Å². The van der Waals surface area contributed by atoms with Gasteiger partial charge in [-0.25, -0.2) is 4.98 Å². The summed E-state index contributed by atoms with van der Waals surface area (Å²) in [7, 11) is 1.95. The Hall–Kier alpha value is -1.89. The maximum absolute atomic E-state index is 10.6. The lowest BCUT2D eigenvalue weighted by molar-refractivity contribution is 0.0824. The molecule has 1 fully saturated rings. The van der Waals surface area contributed by atoms with Crippen molar-refractivity contribution in [1.82, 2.24) is 15.6 Å². The molecule has 2 heterocycles. The fraction of sp³-hybridized carbons (Fsp3) is 0.571. The second kappa shape index (κ2) is 9.88. The van der Waals surface area contributed by atoms with Gasteiger partial charge in [0.2, 0.25) is 0 Å². The number of aliphatic hydroxyl groups excluding tert-OH is 1. The van der Waals surface area contributed by atoms with Crippen LogP contribution in [0.3, 0.4) is 0 Å². The number of aliphatic hydroxyl groups is 1. The molecule has 1 aliphatic carbocycles. The molecule has 0 aromatic carbocycles. The van der Waals surface area contributed by atoms with Crippen LogP contribution in [0.25, 0.3) is 11.5 Å². The van der Waals surface area contributed by atoms with Crippen LogP contribution < -0.4 is 15.4 Å². The molecule has 148 valence electrons. The van der Waals surface area contributed by atoms with Gasteiger partial charge >= 0.3 is 0 Å². The number of furan rings is 1. The summed E-state index contributed by atoms with van der Waals surface area (Å²) in [6.07, 6.45) is 7.15. The van der Waals surface area contributed by atoms with Gasteiger partial charge in [0.25, 0.3) is 0 Å². The van der Waals surface area contributed by atoms with Gasteiger partial charge in [0.1, 0.15) is 17.2 Å². The molecule has 3 N–H and O–H groups in total. The summed E-state index contributed by atoms with van der Waals surface area (Å²) in [5, 5.41) is 17.2. The SMILES string of the molecule is CCOc1ccc(-c2ccc(C(O)NC(CNC)C3CCCCC3)o2)nc1. The molecule has 6 heteroatoms. The Bertz CT molecular complexity index is 680. The highest BCUT2D eigenvalue weighted by Crippen LogP contribution is 2.29. The molecule has 0 saturated heterocycles. The number of hydrogen-bond acceptors (Lipinski definition) is 6. The van der Waals surface area contributed by atoms with Crippen LogP contribution in [0.2, 0.25) is 0 Å². The Morgan fingerprint density at radius 1 is 1.22 bits per heavy atom. The predicted octanol–water partition coefficient (Wildman–Crippen LogP) is 3.49. The van der Waals surface area contributed by atoms with E-state index >= 15 is 0 Å². The highest BCUT2D eigenvalue weighted by Gasteiger charge is 2.26. The van der Waals surface area contributed by atoms with Gasteiger partial charge in [-0.05, 0) is 57.0 Å². The van der Waals surface area contributed by atoms with E-state index in [2.05, 4.69) is 15.6 Å². The van der Waals surface area contributed by atoms with Gasteiger partial charge in [-0.1, -0.05) is 19.3 Å². The van der Waals surface area contributed by atoms with Crippen LogP contribution in [-0.4, -0.2) is 36.3 Å². The first kappa shape index (κ1) is 19.9. The second-order valence-electron chi connectivity index (χ2n) is 7.15. The number of nitrogens with zero attached hydrogens (tertiary/aromatic N) is 1. The molecule has 0 radical (unpaired) electrons. The van der Waals surface area contributed by atoms with Crippen molar-refractivity contribution in [3.63, 3.8) is 0 Å². The molecular formula is C21H31N3O3. The minimum Gasteiger partial charge on any atom is -0.492 e. The van der Waals surface area contributed by atoms with Gasteiger partial charge in [-0.2, -0.15) is 0 Å². The maximum atomic E-state index is 10.6. The van der Waals surface area contributed by atoms with E-state index in [4.69, 9.17) is 9.15 Å². The fourth-order valence-electron chi connectivity index (χ4n) is 3.82. The molecule has 2 aromatic rings. The van der Waals surface area contributed by atoms with Gasteiger partial charge in [-0.15, -0.1) is 0 Å². The highest BCUT2D eigenvalue weighted by atomic mass is 16.5. The summed E-state index contributed by atoms with van der Waals surface area (Å²) in [4.78, 5) is 4.37. The van der Waals surface area contributed by atoms with Crippen molar-refractivity contribution in [2.75, 3.05) is 20.2 Å². The summed E-state index contributed by atoms with van der Waals surface area (Å²) in [5.41, 5.74) is 0.718. The molecule has 1 aliphatic rings.